The van der Waals surface area contributed by atoms with Gasteiger partial charge in [-0.1, -0.05) is 17.8 Å². The lowest BCUT2D eigenvalue weighted by Crippen LogP contribution is -2.15. The molecule has 0 aromatic carbocycles. The number of rotatable bonds is 4. The zero-order valence-electron chi connectivity index (χ0n) is 13.7. The molecular formula is C17H15N5O2S. The Kier molecular flexibility index (Phi) is 3.89. The van der Waals surface area contributed by atoms with Crippen LogP contribution in [0.5, 0.6) is 0 Å². The van der Waals surface area contributed by atoms with Crippen LogP contribution in [-0.4, -0.2) is 24.1 Å². The van der Waals surface area contributed by atoms with Crippen molar-refractivity contribution in [1.29, 1.82) is 0 Å². The molecule has 25 heavy (non-hydrogen) atoms. The Hall–Kier alpha value is -2.87. The minimum atomic E-state index is -0.0847. The van der Waals surface area contributed by atoms with Crippen molar-refractivity contribution in [3.05, 3.63) is 64.4 Å². The van der Waals surface area contributed by atoms with E-state index in [2.05, 4.69) is 15.2 Å². The highest BCUT2D eigenvalue weighted by Crippen LogP contribution is 2.24. The molecule has 0 unspecified atom stereocenters. The average molecular weight is 353 g/mol. The van der Waals surface area contributed by atoms with E-state index >= 15 is 0 Å². The van der Waals surface area contributed by atoms with Gasteiger partial charge in [-0.25, -0.2) is 4.98 Å². The maximum absolute atomic E-state index is 12.3. The molecule has 126 valence electrons. The van der Waals surface area contributed by atoms with Crippen LogP contribution in [0.25, 0.3) is 17.2 Å². The predicted molar refractivity (Wildman–Crippen MR) is 94.5 cm³/mol. The van der Waals surface area contributed by atoms with Gasteiger partial charge in [-0.2, -0.15) is 0 Å². The Morgan fingerprint density at radius 1 is 1.24 bits per heavy atom. The highest BCUT2D eigenvalue weighted by atomic mass is 32.2. The first-order valence-electron chi connectivity index (χ1n) is 7.67. The second-order valence-corrected chi connectivity index (χ2v) is 6.59. The number of furan rings is 1. The molecule has 4 aromatic heterocycles. The standard InChI is InChI=1S/C17H15N5O2S/c1-11-5-6-14-18-12(8-15(23)22(14)9-11)10-25-17-20-19-16(21(17)2)13-4-3-7-24-13/h3-9H,10H2,1-2H3. The fraction of sp³-hybridized carbons (Fsp3) is 0.176. The Bertz CT molecular complexity index is 1100. The molecule has 0 aliphatic carbocycles. The predicted octanol–water partition coefficient (Wildman–Crippen LogP) is 2.68. The molecule has 7 nitrogen and oxygen atoms in total. The minimum Gasteiger partial charge on any atom is -0.461 e. The van der Waals surface area contributed by atoms with Crippen LogP contribution >= 0.6 is 11.8 Å². The van der Waals surface area contributed by atoms with Crippen molar-refractivity contribution in [3.8, 4) is 11.6 Å². The zero-order valence-corrected chi connectivity index (χ0v) is 14.5. The third-order valence-corrected chi connectivity index (χ3v) is 4.84. The van der Waals surface area contributed by atoms with Gasteiger partial charge in [0.15, 0.2) is 16.7 Å². The number of aromatic nitrogens is 5. The summed E-state index contributed by atoms with van der Waals surface area (Å²) in [4.78, 5) is 16.8. The minimum absolute atomic E-state index is 0.0847. The van der Waals surface area contributed by atoms with Crippen molar-refractivity contribution in [2.24, 2.45) is 7.05 Å². The molecule has 0 saturated carbocycles. The summed E-state index contributed by atoms with van der Waals surface area (Å²) < 4.78 is 8.78. The molecule has 0 aliphatic heterocycles. The normalized spacial score (nSPS) is 11.3. The van der Waals surface area contributed by atoms with Crippen molar-refractivity contribution in [2.45, 2.75) is 17.8 Å². The third-order valence-electron chi connectivity index (χ3n) is 3.79. The summed E-state index contributed by atoms with van der Waals surface area (Å²) in [6.07, 6.45) is 3.39. The molecule has 0 spiro atoms. The number of hydrogen-bond donors (Lipinski definition) is 0. The van der Waals surface area contributed by atoms with Gasteiger partial charge in [0.2, 0.25) is 0 Å². The molecule has 4 heterocycles. The van der Waals surface area contributed by atoms with Crippen LogP contribution in [0.2, 0.25) is 0 Å². The molecule has 0 fully saturated rings. The summed E-state index contributed by atoms with van der Waals surface area (Å²) in [5.41, 5.74) is 2.28. The molecule has 8 heteroatoms. The lowest BCUT2D eigenvalue weighted by atomic mass is 10.3. The van der Waals surface area contributed by atoms with Gasteiger partial charge in [-0.15, -0.1) is 10.2 Å². The van der Waals surface area contributed by atoms with Gasteiger partial charge in [0.1, 0.15) is 5.65 Å². The monoisotopic (exact) mass is 353 g/mol. The van der Waals surface area contributed by atoms with E-state index in [9.17, 15) is 4.79 Å². The quantitative estimate of drug-likeness (QED) is 0.525. The van der Waals surface area contributed by atoms with Gasteiger partial charge in [-0.3, -0.25) is 9.20 Å². The molecule has 0 atom stereocenters. The lowest BCUT2D eigenvalue weighted by molar-refractivity contribution is 0.572. The Balaban J connectivity index is 1.59. The Morgan fingerprint density at radius 2 is 2.12 bits per heavy atom. The number of aryl methyl sites for hydroxylation is 1. The SMILES string of the molecule is Cc1ccc2nc(CSc3nnc(-c4ccco4)n3C)cc(=O)n2c1. The molecule has 0 bridgehead atoms. The summed E-state index contributed by atoms with van der Waals surface area (Å²) in [6.45, 7) is 1.94. The van der Waals surface area contributed by atoms with E-state index in [0.717, 1.165) is 10.7 Å². The number of pyridine rings is 1. The largest absolute Gasteiger partial charge is 0.461 e. The third kappa shape index (κ3) is 2.96. The van der Waals surface area contributed by atoms with Gasteiger partial charge in [0.05, 0.1) is 12.0 Å². The van der Waals surface area contributed by atoms with E-state index in [1.165, 1.54) is 11.8 Å². The van der Waals surface area contributed by atoms with Gasteiger partial charge in [0, 0.05) is 25.1 Å². The average Bonchev–Trinajstić information content (AvgIpc) is 3.23. The maximum Gasteiger partial charge on any atom is 0.258 e. The first kappa shape index (κ1) is 15.6. The van der Waals surface area contributed by atoms with Crippen molar-refractivity contribution in [3.63, 3.8) is 0 Å². The summed E-state index contributed by atoms with van der Waals surface area (Å²) in [7, 11) is 1.88. The zero-order chi connectivity index (χ0) is 17.4. The van der Waals surface area contributed by atoms with Crippen molar-refractivity contribution >= 4 is 17.4 Å². The molecule has 0 radical (unpaired) electrons. The first-order valence-corrected chi connectivity index (χ1v) is 8.65. The van der Waals surface area contributed by atoms with Crippen LogP contribution in [0.3, 0.4) is 0 Å². The van der Waals surface area contributed by atoms with E-state index in [1.54, 1.807) is 22.9 Å². The topological polar surface area (TPSA) is 78.2 Å². The molecule has 0 N–H and O–H groups in total. The smallest absolute Gasteiger partial charge is 0.258 e. The van der Waals surface area contributed by atoms with Gasteiger partial charge >= 0.3 is 0 Å². The summed E-state index contributed by atoms with van der Waals surface area (Å²) >= 11 is 1.48. The lowest BCUT2D eigenvalue weighted by Gasteiger charge is -2.05. The number of nitrogens with zero attached hydrogens (tertiary/aromatic N) is 5. The van der Waals surface area contributed by atoms with Crippen LogP contribution < -0.4 is 5.56 Å². The number of thioether (sulfide) groups is 1. The van der Waals surface area contributed by atoms with Crippen LogP contribution in [0.15, 0.2) is 57.2 Å². The van der Waals surface area contributed by atoms with Crippen molar-refractivity contribution in [2.75, 3.05) is 0 Å². The fourth-order valence-corrected chi connectivity index (χ4v) is 3.34. The number of hydrogen-bond acceptors (Lipinski definition) is 6. The first-order chi connectivity index (χ1) is 12.1. The molecule has 0 saturated heterocycles. The van der Waals surface area contributed by atoms with Crippen LogP contribution in [0, 0.1) is 6.92 Å². The van der Waals surface area contributed by atoms with E-state index in [0.29, 0.717) is 28.7 Å². The van der Waals surface area contributed by atoms with Crippen molar-refractivity contribution < 1.29 is 4.42 Å². The number of fused-ring (bicyclic) bond motifs is 1. The van der Waals surface area contributed by atoms with Crippen LogP contribution in [0.4, 0.5) is 0 Å². The van der Waals surface area contributed by atoms with Gasteiger partial charge in [0.25, 0.3) is 5.56 Å². The molecule has 0 aliphatic rings. The van der Waals surface area contributed by atoms with E-state index in [1.807, 2.05) is 42.8 Å². The highest BCUT2D eigenvalue weighted by Gasteiger charge is 2.14. The summed E-state index contributed by atoms with van der Waals surface area (Å²) in [6, 6.07) is 9.00. The molecule has 4 rings (SSSR count). The second kappa shape index (κ2) is 6.21. The molecular weight excluding hydrogens is 338 g/mol. The van der Waals surface area contributed by atoms with Crippen LogP contribution in [0.1, 0.15) is 11.3 Å². The Labute approximate surface area is 147 Å². The van der Waals surface area contributed by atoms with E-state index < -0.39 is 0 Å². The van der Waals surface area contributed by atoms with Gasteiger partial charge in [-0.05, 0) is 30.7 Å². The molecule has 4 aromatic rings. The second-order valence-electron chi connectivity index (χ2n) is 5.65. The van der Waals surface area contributed by atoms with Crippen molar-refractivity contribution in [1.82, 2.24) is 24.1 Å². The Morgan fingerprint density at radius 3 is 2.92 bits per heavy atom. The van der Waals surface area contributed by atoms with Gasteiger partial charge < -0.3 is 8.98 Å². The van der Waals surface area contributed by atoms with E-state index in [-0.39, 0.29) is 5.56 Å². The van der Waals surface area contributed by atoms with Crippen LogP contribution in [-0.2, 0) is 12.8 Å². The summed E-state index contributed by atoms with van der Waals surface area (Å²) in [5.74, 6) is 1.86. The maximum atomic E-state index is 12.3. The summed E-state index contributed by atoms with van der Waals surface area (Å²) in [5, 5.41) is 9.08. The molecule has 0 amide bonds. The van der Waals surface area contributed by atoms with E-state index in [4.69, 9.17) is 4.42 Å². The fourth-order valence-electron chi connectivity index (χ4n) is 2.53. The highest BCUT2D eigenvalue weighted by molar-refractivity contribution is 7.98.